The van der Waals surface area contributed by atoms with E-state index < -0.39 is 12.1 Å². The van der Waals surface area contributed by atoms with Crippen LogP contribution >= 0.6 is 12.4 Å². The topological polar surface area (TPSA) is 70.1 Å². The van der Waals surface area contributed by atoms with Gasteiger partial charge >= 0.3 is 5.97 Å². The van der Waals surface area contributed by atoms with Crippen LogP contribution in [-0.4, -0.2) is 68.5 Å². The number of halogens is 1. The van der Waals surface area contributed by atoms with Crippen LogP contribution in [-0.2, 0) is 9.47 Å². The Labute approximate surface area is 171 Å². The van der Waals surface area contributed by atoms with Crippen molar-refractivity contribution < 1.29 is 23.7 Å². The van der Waals surface area contributed by atoms with Gasteiger partial charge in [0, 0.05) is 32.0 Å². The van der Waals surface area contributed by atoms with Crippen LogP contribution in [0.5, 0.6) is 11.5 Å². The number of aromatic nitrogens is 1. The molecule has 1 saturated heterocycles. The summed E-state index contributed by atoms with van der Waals surface area (Å²) < 4.78 is 22.1. The van der Waals surface area contributed by atoms with Crippen molar-refractivity contribution in [3.8, 4) is 11.5 Å². The van der Waals surface area contributed by atoms with Gasteiger partial charge in [-0.25, -0.2) is 4.79 Å². The van der Waals surface area contributed by atoms with Crippen molar-refractivity contribution in [2.24, 2.45) is 0 Å². The predicted octanol–water partition coefficient (Wildman–Crippen LogP) is 2.45. The van der Waals surface area contributed by atoms with Crippen LogP contribution in [0.15, 0.2) is 48.8 Å². The van der Waals surface area contributed by atoms with Gasteiger partial charge in [0.05, 0.1) is 25.9 Å². The van der Waals surface area contributed by atoms with E-state index in [-0.39, 0.29) is 19.0 Å². The molecule has 1 aromatic carbocycles. The van der Waals surface area contributed by atoms with E-state index in [0.717, 1.165) is 18.8 Å². The molecule has 3 rings (SSSR count). The van der Waals surface area contributed by atoms with Crippen molar-refractivity contribution in [2.75, 3.05) is 46.6 Å². The molecule has 1 unspecified atom stereocenters. The van der Waals surface area contributed by atoms with Gasteiger partial charge in [-0.1, -0.05) is 0 Å². The second kappa shape index (κ2) is 11.5. The van der Waals surface area contributed by atoms with Crippen molar-refractivity contribution in [1.82, 2.24) is 9.88 Å². The smallest absolute Gasteiger partial charge is 0.340 e. The molecule has 1 aromatic heterocycles. The molecule has 0 N–H and O–H groups in total. The highest BCUT2D eigenvalue weighted by molar-refractivity contribution is 5.89. The number of esters is 1. The third-order valence-corrected chi connectivity index (χ3v) is 4.23. The lowest BCUT2D eigenvalue weighted by Crippen LogP contribution is -2.44. The normalized spacial score (nSPS) is 15.2. The fourth-order valence-electron chi connectivity index (χ4n) is 2.76. The summed E-state index contributed by atoms with van der Waals surface area (Å²) in [5, 5.41) is 0. The van der Waals surface area contributed by atoms with Gasteiger partial charge in [-0.2, -0.15) is 0 Å². The molecule has 0 aliphatic carbocycles. The molecule has 8 heteroatoms. The third kappa shape index (κ3) is 6.67. The zero-order valence-electron chi connectivity index (χ0n) is 15.8. The summed E-state index contributed by atoms with van der Waals surface area (Å²) in [7, 11) is 1.62. The average molecular weight is 409 g/mol. The number of carbonyl (C=O) groups excluding carboxylic acids is 1. The molecule has 7 nitrogen and oxygen atoms in total. The number of nitrogens with zero attached hydrogens (tertiary/aromatic N) is 2. The number of hydrogen-bond acceptors (Lipinski definition) is 7. The molecule has 0 radical (unpaired) electrons. The Morgan fingerprint density at radius 2 is 1.89 bits per heavy atom. The third-order valence-electron chi connectivity index (χ3n) is 4.23. The molecule has 2 aromatic rings. The number of ether oxygens (including phenoxy) is 4. The minimum absolute atomic E-state index is 0. The number of carbonyl (C=O) groups is 1. The maximum absolute atomic E-state index is 12.4. The molecular formula is C20H25ClN2O5. The zero-order chi connectivity index (χ0) is 18.9. The Balaban J connectivity index is 0.00000280. The summed E-state index contributed by atoms with van der Waals surface area (Å²) in [5.41, 5.74) is 0.425. The van der Waals surface area contributed by atoms with E-state index in [1.54, 1.807) is 25.4 Å². The Bertz CT molecular complexity index is 708. The van der Waals surface area contributed by atoms with E-state index >= 15 is 0 Å². The van der Waals surface area contributed by atoms with Crippen molar-refractivity contribution in [1.29, 1.82) is 0 Å². The first-order valence-corrected chi connectivity index (χ1v) is 8.92. The summed E-state index contributed by atoms with van der Waals surface area (Å²) in [6.07, 6.45) is 2.71. The quantitative estimate of drug-likeness (QED) is 0.621. The van der Waals surface area contributed by atoms with Crippen LogP contribution in [0.1, 0.15) is 10.4 Å². The van der Waals surface area contributed by atoms with E-state index in [2.05, 4.69) is 9.88 Å². The van der Waals surface area contributed by atoms with Gasteiger partial charge in [-0.3, -0.25) is 9.88 Å². The maximum atomic E-state index is 12.4. The standard InChI is InChI=1S/C20H24N2O5.ClH/c1-24-17-4-6-18(7-5-17)26-15-19(14-22-9-11-25-12-10-22)27-20(23)16-3-2-8-21-13-16;/h2-8,13,19H,9-12,14-15H2,1H3;1H. The fraction of sp³-hybridized carbons (Fsp3) is 0.400. The highest BCUT2D eigenvalue weighted by Gasteiger charge is 2.22. The van der Waals surface area contributed by atoms with E-state index in [1.165, 1.54) is 6.20 Å². The first kappa shape index (κ1) is 21.9. The molecule has 0 amide bonds. The van der Waals surface area contributed by atoms with Crippen molar-refractivity contribution in [3.63, 3.8) is 0 Å². The van der Waals surface area contributed by atoms with E-state index in [9.17, 15) is 4.79 Å². The van der Waals surface area contributed by atoms with Gasteiger partial charge in [0.25, 0.3) is 0 Å². The minimum atomic E-state index is -0.405. The van der Waals surface area contributed by atoms with Crippen LogP contribution in [0.25, 0.3) is 0 Å². The lowest BCUT2D eigenvalue weighted by molar-refractivity contribution is -0.0154. The number of methoxy groups -OCH3 is 1. The molecule has 1 fully saturated rings. The highest BCUT2D eigenvalue weighted by Crippen LogP contribution is 2.18. The van der Waals surface area contributed by atoms with Gasteiger partial charge < -0.3 is 18.9 Å². The molecule has 0 bridgehead atoms. The first-order valence-electron chi connectivity index (χ1n) is 8.92. The SMILES string of the molecule is COc1ccc(OCC(CN2CCOCC2)OC(=O)c2cccnc2)cc1.Cl. The van der Waals surface area contributed by atoms with Crippen LogP contribution in [0.2, 0.25) is 0 Å². The molecular weight excluding hydrogens is 384 g/mol. The van der Waals surface area contributed by atoms with Crippen LogP contribution in [0, 0.1) is 0 Å². The van der Waals surface area contributed by atoms with Crippen molar-refractivity contribution in [3.05, 3.63) is 54.4 Å². The molecule has 28 heavy (non-hydrogen) atoms. The van der Waals surface area contributed by atoms with E-state index in [1.807, 2.05) is 24.3 Å². The summed E-state index contributed by atoms with van der Waals surface area (Å²) in [6.45, 7) is 3.83. The number of rotatable bonds is 8. The fourth-order valence-corrected chi connectivity index (χ4v) is 2.76. The van der Waals surface area contributed by atoms with Gasteiger partial charge in [-0.05, 0) is 36.4 Å². The summed E-state index contributed by atoms with van der Waals surface area (Å²) in [6, 6.07) is 10.7. The van der Waals surface area contributed by atoms with Gasteiger partial charge in [0.1, 0.15) is 24.2 Å². The second-order valence-electron chi connectivity index (χ2n) is 6.17. The number of pyridine rings is 1. The van der Waals surface area contributed by atoms with Gasteiger partial charge in [-0.15, -0.1) is 12.4 Å². The molecule has 1 aliphatic heterocycles. The highest BCUT2D eigenvalue weighted by atomic mass is 35.5. The maximum Gasteiger partial charge on any atom is 0.340 e. The molecule has 1 atom stereocenters. The number of hydrogen-bond donors (Lipinski definition) is 0. The van der Waals surface area contributed by atoms with Crippen molar-refractivity contribution >= 4 is 18.4 Å². The van der Waals surface area contributed by atoms with Gasteiger partial charge in [0.15, 0.2) is 0 Å². The van der Waals surface area contributed by atoms with E-state index in [0.29, 0.717) is 31.1 Å². The zero-order valence-corrected chi connectivity index (χ0v) is 16.6. The van der Waals surface area contributed by atoms with Crippen LogP contribution in [0.4, 0.5) is 0 Å². The van der Waals surface area contributed by atoms with E-state index in [4.69, 9.17) is 18.9 Å². The molecule has 152 valence electrons. The minimum Gasteiger partial charge on any atom is -0.497 e. The number of benzene rings is 1. The predicted molar refractivity (Wildman–Crippen MR) is 106 cm³/mol. The Hall–Kier alpha value is -2.35. The Morgan fingerprint density at radius 1 is 1.18 bits per heavy atom. The van der Waals surface area contributed by atoms with Gasteiger partial charge in [0.2, 0.25) is 0 Å². The molecule has 1 aliphatic rings. The summed E-state index contributed by atoms with van der Waals surface area (Å²) in [5.74, 6) is 1.05. The summed E-state index contributed by atoms with van der Waals surface area (Å²) >= 11 is 0. The number of morpholine rings is 1. The monoisotopic (exact) mass is 408 g/mol. The second-order valence-corrected chi connectivity index (χ2v) is 6.17. The lowest BCUT2D eigenvalue weighted by atomic mass is 10.2. The Kier molecular flexibility index (Phi) is 9.00. The molecule has 2 heterocycles. The first-order chi connectivity index (χ1) is 13.2. The van der Waals surface area contributed by atoms with Crippen LogP contribution < -0.4 is 9.47 Å². The lowest BCUT2D eigenvalue weighted by Gasteiger charge is -2.30. The average Bonchev–Trinajstić information content (AvgIpc) is 2.73. The molecule has 0 saturated carbocycles. The largest absolute Gasteiger partial charge is 0.497 e. The Morgan fingerprint density at radius 3 is 2.54 bits per heavy atom. The van der Waals surface area contributed by atoms with Crippen molar-refractivity contribution in [2.45, 2.75) is 6.10 Å². The van der Waals surface area contributed by atoms with Crippen LogP contribution in [0.3, 0.4) is 0 Å². The molecule has 0 spiro atoms. The summed E-state index contributed by atoms with van der Waals surface area (Å²) in [4.78, 5) is 18.6.